The average molecular weight is 448 g/mol. The van der Waals surface area contributed by atoms with Gasteiger partial charge in [-0.25, -0.2) is 4.98 Å². The van der Waals surface area contributed by atoms with E-state index in [1.807, 2.05) is 12.1 Å². The number of Topliss-reactive ketones (excluding diaryl/α,β-unsaturated/α-hetero) is 1. The molecule has 2 aromatic heterocycles. The van der Waals surface area contributed by atoms with E-state index in [1.54, 1.807) is 56.3 Å². The minimum Gasteiger partial charge on any atom is -0.495 e. The molecule has 162 valence electrons. The number of aromatic nitrogens is 2. The summed E-state index contributed by atoms with van der Waals surface area (Å²) in [5.74, 6) is -0.00132. The zero-order chi connectivity index (χ0) is 22.8. The third-order valence-electron chi connectivity index (χ3n) is 5.29. The van der Waals surface area contributed by atoms with E-state index < -0.39 is 6.04 Å². The smallest absolute Gasteiger partial charge is 0.266 e. The van der Waals surface area contributed by atoms with Crippen LogP contribution < -0.4 is 15.6 Å². The third-order valence-corrected chi connectivity index (χ3v) is 6.49. The summed E-state index contributed by atoms with van der Waals surface area (Å²) < 4.78 is 6.60. The first-order valence-electron chi connectivity index (χ1n) is 9.96. The SMILES string of the molecule is COc1ccccc1NC(=O)c1sc2ncn([C@H](C)C(=O)c3ccccc3)c(=O)c2c1C. The van der Waals surface area contributed by atoms with Crippen molar-refractivity contribution in [3.05, 3.63) is 87.3 Å². The number of carbonyl (C=O) groups excluding carboxylic acids is 2. The van der Waals surface area contributed by atoms with Gasteiger partial charge in [-0.1, -0.05) is 42.5 Å². The van der Waals surface area contributed by atoms with Gasteiger partial charge in [0.1, 0.15) is 10.6 Å². The maximum Gasteiger partial charge on any atom is 0.266 e. The van der Waals surface area contributed by atoms with Crippen molar-refractivity contribution >= 4 is 38.9 Å². The number of ether oxygens (including phenoxy) is 1. The number of methoxy groups -OCH3 is 1. The zero-order valence-electron chi connectivity index (χ0n) is 17.8. The van der Waals surface area contributed by atoms with E-state index in [4.69, 9.17) is 4.74 Å². The first-order valence-corrected chi connectivity index (χ1v) is 10.8. The van der Waals surface area contributed by atoms with E-state index in [9.17, 15) is 14.4 Å². The molecule has 0 aliphatic carbocycles. The Morgan fingerprint density at radius 1 is 1.09 bits per heavy atom. The van der Waals surface area contributed by atoms with Gasteiger partial charge in [-0.05, 0) is 31.5 Å². The van der Waals surface area contributed by atoms with E-state index in [2.05, 4.69) is 10.3 Å². The van der Waals surface area contributed by atoms with Crippen molar-refractivity contribution < 1.29 is 14.3 Å². The number of carbonyl (C=O) groups is 2. The molecule has 32 heavy (non-hydrogen) atoms. The van der Waals surface area contributed by atoms with E-state index in [0.717, 1.165) is 11.3 Å². The fourth-order valence-electron chi connectivity index (χ4n) is 3.53. The number of thiophene rings is 1. The molecule has 0 unspecified atom stereocenters. The van der Waals surface area contributed by atoms with E-state index >= 15 is 0 Å². The van der Waals surface area contributed by atoms with Crippen LogP contribution >= 0.6 is 11.3 Å². The average Bonchev–Trinajstić information content (AvgIpc) is 3.16. The number of hydrogen-bond donors (Lipinski definition) is 1. The molecule has 1 N–H and O–H groups in total. The Hall–Kier alpha value is -3.78. The third kappa shape index (κ3) is 3.80. The van der Waals surface area contributed by atoms with Crippen LogP contribution in [0.5, 0.6) is 5.75 Å². The van der Waals surface area contributed by atoms with Crippen LogP contribution in [0.1, 0.15) is 38.6 Å². The van der Waals surface area contributed by atoms with Crippen LogP contribution in [0, 0.1) is 6.92 Å². The second kappa shape index (κ2) is 8.76. The summed E-state index contributed by atoms with van der Waals surface area (Å²) in [4.78, 5) is 44.2. The first-order chi connectivity index (χ1) is 15.4. The molecular formula is C24H21N3O4S. The number of ketones is 1. The normalized spacial score (nSPS) is 11.8. The van der Waals surface area contributed by atoms with Crippen molar-refractivity contribution in [3.63, 3.8) is 0 Å². The molecule has 7 nitrogen and oxygen atoms in total. The molecule has 4 aromatic rings. The zero-order valence-corrected chi connectivity index (χ0v) is 18.6. The molecule has 0 fully saturated rings. The Bertz CT molecular complexity index is 1380. The number of nitrogens with zero attached hydrogens (tertiary/aromatic N) is 2. The Morgan fingerprint density at radius 2 is 1.78 bits per heavy atom. The highest BCUT2D eigenvalue weighted by Crippen LogP contribution is 2.30. The summed E-state index contributed by atoms with van der Waals surface area (Å²) in [7, 11) is 1.53. The van der Waals surface area contributed by atoms with Crippen molar-refractivity contribution in [1.29, 1.82) is 0 Å². The second-order valence-electron chi connectivity index (χ2n) is 7.25. The summed E-state index contributed by atoms with van der Waals surface area (Å²) in [6.45, 7) is 3.38. The van der Waals surface area contributed by atoms with Gasteiger partial charge in [0.25, 0.3) is 11.5 Å². The van der Waals surface area contributed by atoms with Crippen molar-refractivity contribution in [2.75, 3.05) is 12.4 Å². The molecule has 1 amide bonds. The molecule has 0 bridgehead atoms. The lowest BCUT2D eigenvalue weighted by Gasteiger charge is -2.13. The van der Waals surface area contributed by atoms with E-state index in [-0.39, 0.29) is 17.2 Å². The fourth-order valence-corrected chi connectivity index (χ4v) is 4.56. The van der Waals surface area contributed by atoms with Gasteiger partial charge in [-0.3, -0.25) is 19.0 Å². The number of benzene rings is 2. The summed E-state index contributed by atoms with van der Waals surface area (Å²) in [6.07, 6.45) is 1.37. The predicted octanol–water partition coefficient (Wildman–Crippen LogP) is 4.47. The van der Waals surface area contributed by atoms with Crippen LogP contribution in [0.3, 0.4) is 0 Å². The lowest BCUT2D eigenvalue weighted by molar-refractivity contribution is 0.0932. The van der Waals surface area contributed by atoms with Crippen molar-refractivity contribution in [1.82, 2.24) is 9.55 Å². The topological polar surface area (TPSA) is 90.3 Å². The van der Waals surface area contributed by atoms with Crippen LogP contribution in [0.2, 0.25) is 0 Å². The number of nitrogens with one attached hydrogen (secondary N) is 1. The van der Waals surface area contributed by atoms with Gasteiger partial charge < -0.3 is 10.1 Å². The molecule has 8 heteroatoms. The Balaban J connectivity index is 1.70. The molecule has 1 atom stereocenters. The summed E-state index contributed by atoms with van der Waals surface area (Å²) in [6, 6.07) is 15.2. The lowest BCUT2D eigenvalue weighted by atomic mass is 10.1. The number of para-hydroxylation sites is 2. The van der Waals surface area contributed by atoms with Crippen LogP contribution in [-0.2, 0) is 0 Å². The Labute approximate surface area is 188 Å². The highest BCUT2D eigenvalue weighted by molar-refractivity contribution is 7.20. The van der Waals surface area contributed by atoms with Gasteiger partial charge in [-0.2, -0.15) is 0 Å². The van der Waals surface area contributed by atoms with Gasteiger partial charge in [-0.15, -0.1) is 11.3 Å². The molecule has 0 aliphatic heterocycles. The molecule has 0 saturated heterocycles. The van der Waals surface area contributed by atoms with Crippen LogP contribution in [0.25, 0.3) is 10.2 Å². The van der Waals surface area contributed by atoms with E-state index in [0.29, 0.717) is 37.7 Å². The molecule has 4 rings (SSSR count). The molecular weight excluding hydrogens is 426 g/mol. The maximum absolute atomic E-state index is 13.2. The standard InChI is InChI=1S/C24H21N3O4S/c1-14-19-23(32-21(14)22(29)26-17-11-7-8-12-18(17)31-3)25-13-27(24(19)30)15(2)20(28)16-9-5-4-6-10-16/h4-13,15H,1-3H3,(H,26,29)/t15-/m1/s1. The molecule has 2 heterocycles. The minimum atomic E-state index is -0.730. The quantitative estimate of drug-likeness (QED) is 0.441. The number of anilines is 1. The minimum absolute atomic E-state index is 0.184. The molecule has 0 saturated carbocycles. The molecule has 0 radical (unpaired) electrons. The van der Waals surface area contributed by atoms with Crippen molar-refractivity contribution in [2.24, 2.45) is 0 Å². The van der Waals surface area contributed by atoms with Gasteiger partial charge in [0.2, 0.25) is 0 Å². The highest BCUT2D eigenvalue weighted by atomic mass is 32.1. The maximum atomic E-state index is 13.2. The lowest BCUT2D eigenvalue weighted by Crippen LogP contribution is -2.28. The Morgan fingerprint density at radius 3 is 2.50 bits per heavy atom. The molecule has 0 spiro atoms. The summed E-state index contributed by atoms with van der Waals surface area (Å²) in [5, 5.41) is 3.17. The largest absolute Gasteiger partial charge is 0.495 e. The van der Waals surface area contributed by atoms with Crippen molar-refractivity contribution in [3.8, 4) is 5.75 Å². The number of fused-ring (bicyclic) bond motifs is 1. The van der Waals surface area contributed by atoms with Crippen LogP contribution in [0.15, 0.2) is 65.7 Å². The monoisotopic (exact) mass is 447 g/mol. The summed E-state index contributed by atoms with van der Waals surface area (Å²) >= 11 is 1.14. The number of rotatable bonds is 6. The Kier molecular flexibility index (Phi) is 5.87. The van der Waals surface area contributed by atoms with Gasteiger partial charge >= 0.3 is 0 Å². The summed E-state index contributed by atoms with van der Waals surface area (Å²) in [5.41, 5.74) is 1.23. The molecule has 0 aliphatic rings. The number of aryl methyl sites for hydroxylation is 1. The fraction of sp³-hybridized carbons (Fsp3) is 0.167. The van der Waals surface area contributed by atoms with Crippen molar-refractivity contribution in [2.45, 2.75) is 19.9 Å². The first kappa shape index (κ1) is 21.5. The van der Waals surface area contributed by atoms with Gasteiger partial charge in [0.05, 0.1) is 35.4 Å². The highest BCUT2D eigenvalue weighted by Gasteiger charge is 2.24. The van der Waals surface area contributed by atoms with Crippen LogP contribution in [0.4, 0.5) is 5.69 Å². The van der Waals surface area contributed by atoms with E-state index in [1.165, 1.54) is 18.0 Å². The predicted molar refractivity (Wildman–Crippen MR) is 125 cm³/mol. The number of amides is 1. The number of hydrogen-bond acceptors (Lipinski definition) is 6. The van der Waals surface area contributed by atoms with Gasteiger partial charge in [0, 0.05) is 5.56 Å². The van der Waals surface area contributed by atoms with Crippen LogP contribution in [-0.4, -0.2) is 28.4 Å². The second-order valence-corrected chi connectivity index (χ2v) is 8.25. The molecule has 2 aromatic carbocycles. The van der Waals surface area contributed by atoms with Gasteiger partial charge in [0.15, 0.2) is 5.78 Å².